The van der Waals surface area contributed by atoms with Crippen LogP contribution >= 0.6 is 0 Å². The van der Waals surface area contributed by atoms with E-state index in [2.05, 4.69) is 34.6 Å². The van der Waals surface area contributed by atoms with E-state index >= 15 is 0 Å². The Bertz CT molecular complexity index is 213. The van der Waals surface area contributed by atoms with Crippen LogP contribution in [0.15, 0.2) is 0 Å². The van der Waals surface area contributed by atoms with Gasteiger partial charge in [0.2, 0.25) is 0 Å². The van der Waals surface area contributed by atoms with Gasteiger partial charge in [-0.3, -0.25) is 4.79 Å². The average molecular weight is 182 g/mol. The summed E-state index contributed by atoms with van der Waals surface area (Å²) in [7, 11) is 0. The molecule has 0 aliphatic heterocycles. The third-order valence-corrected chi connectivity index (χ3v) is 4.19. The maximum atomic E-state index is 12.1. The molecule has 1 heteroatoms. The van der Waals surface area contributed by atoms with E-state index in [1.807, 2.05) is 0 Å². The first kappa shape index (κ1) is 10.7. The van der Waals surface area contributed by atoms with Gasteiger partial charge in [0.05, 0.1) is 0 Å². The van der Waals surface area contributed by atoms with Crippen molar-refractivity contribution in [1.82, 2.24) is 0 Å². The van der Waals surface area contributed by atoms with E-state index in [4.69, 9.17) is 0 Å². The number of hydrogen-bond donors (Lipinski definition) is 0. The molecule has 0 heterocycles. The maximum absolute atomic E-state index is 12.1. The molecule has 1 aliphatic rings. The van der Waals surface area contributed by atoms with E-state index in [0.29, 0.717) is 5.78 Å². The van der Waals surface area contributed by atoms with Gasteiger partial charge in [0, 0.05) is 11.3 Å². The lowest BCUT2D eigenvalue weighted by molar-refractivity contribution is -0.135. The van der Waals surface area contributed by atoms with Crippen molar-refractivity contribution < 1.29 is 4.79 Å². The van der Waals surface area contributed by atoms with Crippen LogP contribution in [0.25, 0.3) is 0 Å². The van der Waals surface area contributed by atoms with Crippen LogP contribution in [0, 0.1) is 16.7 Å². The SMILES string of the molecule is CC1CCCC(C)(C)C(C)(C)C1=O. The number of carbonyl (C=O) groups excluding carboxylic acids is 1. The van der Waals surface area contributed by atoms with Gasteiger partial charge in [-0.15, -0.1) is 0 Å². The number of ketones is 1. The van der Waals surface area contributed by atoms with E-state index in [1.54, 1.807) is 0 Å². The van der Waals surface area contributed by atoms with Gasteiger partial charge >= 0.3 is 0 Å². The molecule has 1 saturated carbocycles. The second-order valence-electron chi connectivity index (χ2n) is 5.67. The highest BCUT2D eigenvalue weighted by atomic mass is 16.1. The predicted molar refractivity (Wildman–Crippen MR) is 55.6 cm³/mol. The summed E-state index contributed by atoms with van der Waals surface area (Å²) in [6, 6.07) is 0. The van der Waals surface area contributed by atoms with Crippen LogP contribution in [-0.2, 0) is 4.79 Å². The molecule has 1 unspecified atom stereocenters. The standard InChI is InChI=1S/C12H22O/c1-9-7-6-8-11(2,3)12(4,5)10(9)13/h9H,6-8H2,1-5H3. The lowest BCUT2D eigenvalue weighted by Crippen LogP contribution is -2.40. The highest BCUT2D eigenvalue weighted by molar-refractivity contribution is 5.87. The molecular formula is C12H22O. The highest BCUT2D eigenvalue weighted by Crippen LogP contribution is 2.47. The van der Waals surface area contributed by atoms with Crippen molar-refractivity contribution in [2.24, 2.45) is 16.7 Å². The van der Waals surface area contributed by atoms with Crippen molar-refractivity contribution in [2.75, 3.05) is 0 Å². The molecule has 1 rings (SSSR count). The molecule has 0 aromatic carbocycles. The van der Waals surface area contributed by atoms with E-state index in [9.17, 15) is 4.79 Å². The van der Waals surface area contributed by atoms with Crippen molar-refractivity contribution in [3.63, 3.8) is 0 Å². The molecule has 0 aromatic heterocycles. The van der Waals surface area contributed by atoms with Gasteiger partial charge < -0.3 is 0 Å². The van der Waals surface area contributed by atoms with Crippen LogP contribution in [-0.4, -0.2) is 5.78 Å². The fraction of sp³-hybridized carbons (Fsp3) is 0.917. The van der Waals surface area contributed by atoms with Crippen LogP contribution in [0.1, 0.15) is 53.9 Å². The predicted octanol–water partition coefficient (Wildman–Crippen LogP) is 3.43. The quantitative estimate of drug-likeness (QED) is 0.524. The van der Waals surface area contributed by atoms with E-state index in [1.165, 1.54) is 12.8 Å². The van der Waals surface area contributed by atoms with Crippen molar-refractivity contribution in [2.45, 2.75) is 53.9 Å². The lowest BCUT2D eigenvalue weighted by Gasteiger charge is -2.39. The topological polar surface area (TPSA) is 17.1 Å². The van der Waals surface area contributed by atoms with Crippen LogP contribution in [0.3, 0.4) is 0 Å². The summed E-state index contributed by atoms with van der Waals surface area (Å²) in [5.41, 5.74) is 0.0117. The third kappa shape index (κ3) is 1.66. The van der Waals surface area contributed by atoms with Gasteiger partial charge in [0.1, 0.15) is 5.78 Å². The fourth-order valence-electron chi connectivity index (χ4n) is 2.24. The van der Waals surface area contributed by atoms with E-state index in [-0.39, 0.29) is 16.7 Å². The molecule has 13 heavy (non-hydrogen) atoms. The minimum Gasteiger partial charge on any atom is -0.299 e. The van der Waals surface area contributed by atoms with Gasteiger partial charge in [-0.1, -0.05) is 41.0 Å². The fourth-order valence-corrected chi connectivity index (χ4v) is 2.24. The third-order valence-electron chi connectivity index (χ3n) is 4.19. The van der Waals surface area contributed by atoms with Gasteiger partial charge in [-0.2, -0.15) is 0 Å². The molecule has 1 aliphatic carbocycles. The molecule has 1 fully saturated rings. The largest absolute Gasteiger partial charge is 0.299 e. The second-order valence-corrected chi connectivity index (χ2v) is 5.67. The summed E-state index contributed by atoms with van der Waals surface area (Å²) in [4.78, 5) is 12.1. The Hall–Kier alpha value is -0.330. The number of hydrogen-bond acceptors (Lipinski definition) is 1. The zero-order valence-electron chi connectivity index (χ0n) is 9.61. The van der Waals surface area contributed by atoms with Gasteiger partial charge in [-0.25, -0.2) is 0 Å². The Kier molecular flexibility index (Phi) is 2.57. The average Bonchev–Trinajstić information content (AvgIpc) is 2.05. The minimum absolute atomic E-state index is 0.150. The summed E-state index contributed by atoms with van der Waals surface area (Å²) in [5, 5.41) is 0. The Balaban J connectivity index is 3.01. The maximum Gasteiger partial charge on any atom is 0.141 e. The molecule has 0 bridgehead atoms. The zero-order chi connectivity index (χ0) is 10.3. The summed E-state index contributed by atoms with van der Waals surface area (Å²) in [6.07, 6.45) is 3.45. The Labute approximate surface area is 81.9 Å². The van der Waals surface area contributed by atoms with Gasteiger partial charge in [-0.05, 0) is 18.3 Å². The monoisotopic (exact) mass is 182 g/mol. The number of carbonyl (C=O) groups is 1. The molecule has 1 nitrogen and oxygen atoms in total. The van der Waals surface area contributed by atoms with E-state index < -0.39 is 0 Å². The zero-order valence-corrected chi connectivity index (χ0v) is 9.61. The first-order chi connectivity index (χ1) is 5.79. The number of rotatable bonds is 0. The van der Waals surface area contributed by atoms with Gasteiger partial charge in [0.25, 0.3) is 0 Å². The molecule has 0 radical (unpaired) electrons. The Morgan fingerprint density at radius 1 is 1.23 bits per heavy atom. The molecule has 0 aromatic rings. The first-order valence-electron chi connectivity index (χ1n) is 5.33. The first-order valence-corrected chi connectivity index (χ1v) is 5.33. The highest BCUT2D eigenvalue weighted by Gasteiger charge is 2.45. The van der Waals surface area contributed by atoms with Crippen LogP contribution in [0.2, 0.25) is 0 Å². The molecule has 0 N–H and O–H groups in total. The number of Topliss-reactive ketones (excluding diaryl/α,β-unsaturated/α-hetero) is 1. The van der Waals surface area contributed by atoms with E-state index in [0.717, 1.165) is 6.42 Å². The molecule has 76 valence electrons. The lowest BCUT2D eigenvalue weighted by atomic mass is 9.63. The molecule has 0 amide bonds. The summed E-state index contributed by atoms with van der Waals surface area (Å²) in [6.45, 7) is 10.7. The van der Waals surface area contributed by atoms with Crippen molar-refractivity contribution in [3.8, 4) is 0 Å². The van der Waals surface area contributed by atoms with Gasteiger partial charge in [0.15, 0.2) is 0 Å². The molecule has 1 atom stereocenters. The smallest absolute Gasteiger partial charge is 0.141 e. The second kappa shape index (κ2) is 3.11. The van der Waals surface area contributed by atoms with Crippen molar-refractivity contribution in [1.29, 1.82) is 0 Å². The summed E-state index contributed by atoms with van der Waals surface area (Å²) in [5.74, 6) is 0.715. The van der Waals surface area contributed by atoms with Crippen LogP contribution in [0.4, 0.5) is 0 Å². The molecule has 0 saturated heterocycles. The minimum atomic E-state index is -0.150. The molecule has 0 spiro atoms. The van der Waals surface area contributed by atoms with Crippen LogP contribution < -0.4 is 0 Å². The summed E-state index contributed by atoms with van der Waals surface area (Å²) >= 11 is 0. The van der Waals surface area contributed by atoms with Crippen LogP contribution in [0.5, 0.6) is 0 Å². The van der Waals surface area contributed by atoms with Crippen molar-refractivity contribution in [3.05, 3.63) is 0 Å². The van der Waals surface area contributed by atoms with Crippen molar-refractivity contribution >= 4 is 5.78 Å². The normalized spacial score (nSPS) is 32.7. The Morgan fingerprint density at radius 2 is 1.77 bits per heavy atom. The summed E-state index contributed by atoms with van der Waals surface area (Å²) < 4.78 is 0. The molecular weight excluding hydrogens is 160 g/mol. The Morgan fingerprint density at radius 3 is 2.31 bits per heavy atom.